The van der Waals surface area contributed by atoms with Gasteiger partial charge in [0.2, 0.25) is 0 Å². The molecule has 0 bridgehead atoms. The zero-order valence-corrected chi connectivity index (χ0v) is 12.7. The van der Waals surface area contributed by atoms with E-state index in [2.05, 4.69) is 46.6 Å². The van der Waals surface area contributed by atoms with Gasteiger partial charge in [-0.25, -0.2) is 15.8 Å². The normalized spacial score (nSPS) is 13.8. The van der Waals surface area contributed by atoms with E-state index in [0.29, 0.717) is 19.0 Å². The second kappa shape index (κ2) is 6.43. The summed E-state index contributed by atoms with van der Waals surface area (Å²) in [7, 11) is 0. The lowest BCUT2D eigenvalue weighted by Crippen LogP contribution is -2.20. The van der Waals surface area contributed by atoms with Crippen molar-refractivity contribution in [1.29, 1.82) is 0 Å². The van der Waals surface area contributed by atoms with Crippen LogP contribution in [0.1, 0.15) is 22.6 Å². The van der Waals surface area contributed by atoms with Gasteiger partial charge in [-0.3, -0.25) is 0 Å². The molecule has 3 N–H and O–H groups in total. The summed E-state index contributed by atoms with van der Waals surface area (Å²) in [4.78, 5) is 10.4. The Labute approximate surface area is 128 Å². The van der Waals surface area contributed by atoms with Crippen LogP contribution in [0, 0.1) is 6.92 Å². The summed E-state index contributed by atoms with van der Waals surface area (Å²) in [6, 6.07) is 8.46. The summed E-state index contributed by atoms with van der Waals surface area (Å²) >= 11 is 1.73. The Bertz CT molecular complexity index is 613. The Morgan fingerprint density at radius 2 is 2.10 bits per heavy atom. The predicted octanol–water partition coefficient (Wildman–Crippen LogP) is 2.44. The summed E-state index contributed by atoms with van der Waals surface area (Å²) in [5.41, 5.74) is 5.95. The molecule has 1 aromatic heterocycles. The molecule has 0 aliphatic carbocycles. The average Bonchev–Trinajstić information content (AvgIpc) is 2.53. The fraction of sp³-hybridized carbons (Fsp3) is 0.333. The zero-order chi connectivity index (χ0) is 14.7. The molecule has 1 aromatic carbocycles. The van der Waals surface area contributed by atoms with Gasteiger partial charge in [-0.1, -0.05) is 17.7 Å². The maximum absolute atomic E-state index is 5.56. The number of nitrogens with zero attached hydrogens (tertiary/aromatic N) is 2. The van der Waals surface area contributed by atoms with Crippen LogP contribution in [0.15, 0.2) is 29.2 Å². The van der Waals surface area contributed by atoms with E-state index in [1.807, 2.05) is 0 Å². The number of anilines is 1. The number of hydrazine groups is 1. The number of hydrogen-bond acceptors (Lipinski definition) is 6. The van der Waals surface area contributed by atoms with Gasteiger partial charge >= 0.3 is 0 Å². The van der Waals surface area contributed by atoms with Crippen LogP contribution in [-0.2, 0) is 23.5 Å². The maximum Gasteiger partial charge on any atom is 0.149 e. The third kappa shape index (κ3) is 3.34. The number of nitrogens with one attached hydrogen (secondary N) is 1. The highest BCUT2D eigenvalue weighted by molar-refractivity contribution is 7.98. The molecule has 3 rings (SSSR count). The lowest BCUT2D eigenvalue weighted by atomic mass is 10.1. The topological polar surface area (TPSA) is 73.1 Å². The number of nitrogens with two attached hydrogens (primary N) is 1. The molecule has 0 saturated carbocycles. The van der Waals surface area contributed by atoms with Crippen LogP contribution in [0.5, 0.6) is 0 Å². The van der Waals surface area contributed by atoms with Gasteiger partial charge in [0.1, 0.15) is 11.6 Å². The molecule has 110 valence electrons. The van der Waals surface area contributed by atoms with Gasteiger partial charge in [0, 0.05) is 16.9 Å². The van der Waals surface area contributed by atoms with Crippen molar-refractivity contribution in [2.45, 2.75) is 30.6 Å². The fourth-order valence-corrected chi connectivity index (χ4v) is 3.00. The fourth-order valence-electron chi connectivity index (χ4n) is 2.25. The number of ether oxygens (including phenoxy) is 1. The number of rotatable bonds is 4. The third-order valence-electron chi connectivity index (χ3n) is 3.39. The summed E-state index contributed by atoms with van der Waals surface area (Å²) in [6.45, 7) is 3.32. The smallest absolute Gasteiger partial charge is 0.149 e. The molecular formula is C15H18N4OS. The van der Waals surface area contributed by atoms with Gasteiger partial charge in [0.25, 0.3) is 0 Å². The minimum atomic E-state index is 0.528. The van der Waals surface area contributed by atoms with Crippen LogP contribution < -0.4 is 11.3 Å². The van der Waals surface area contributed by atoms with E-state index in [4.69, 9.17) is 10.6 Å². The second-order valence-corrected chi connectivity index (χ2v) is 6.01. The molecule has 0 saturated heterocycles. The number of hydrogen-bond donors (Lipinski definition) is 2. The zero-order valence-electron chi connectivity index (χ0n) is 11.9. The van der Waals surface area contributed by atoms with E-state index < -0.39 is 0 Å². The number of fused-ring (bicyclic) bond motifs is 1. The van der Waals surface area contributed by atoms with Crippen LogP contribution >= 0.6 is 11.8 Å². The summed E-state index contributed by atoms with van der Waals surface area (Å²) in [5.74, 6) is 7.77. The largest absolute Gasteiger partial charge is 0.376 e. The number of thioether (sulfide) groups is 1. The first-order valence-electron chi connectivity index (χ1n) is 6.89. The molecule has 0 unspecified atom stereocenters. The standard InChI is InChI=1S/C15H18N4OS/c1-10-2-4-11(5-3-10)21-9-14-17-13-6-7-20-8-12(13)15(18-14)19-16/h2-5H,6-9,16H2,1H3,(H,17,18,19). The molecule has 0 amide bonds. The van der Waals surface area contributed by atoms with Crippen LogP contribution in [-0.4, -0.2) is 16.6 Å². The molecule has 21 heavy (non-hydrogen) atoms. The minimum Gasteiger partial charge on any atom is -0.376 e. The SMILES string of the molecule is Cc1ccc(SCc2nc3c(c(NN)n2)COCC3)cc1. The summed E-state index contributed by atoms with van der Waals surface area (Å²) in [6.07, 6.45) is 0.814. The first-order valence-corrected chi connectivity index (χ1v) is 7.87. The van der Waals surface area contributed by atoms with Gasteiger partial charge in [-0.15, -0.1) is 11.8 Å². The van der Waals surface area contributed by atoms with Crippen molar-refractivity contribution in [1.82, 2.24) is 9.97 Å². The molecule has 6 heteroatoms. The molecule has 0 atom stereocenters. The van der Waals surface area contributed by atoms with Gasteiger partial charge in [0.05, 0.1) is 24.7 Å². The molecule has 1 aliphatic rings. The van der Waals surface area contributed by atoms with Crippen molar-refractivity contribution in [3.8, 4) is 0 Å². The molecule has 1 aliphatic heterocycles. The van der Waals surface area contributed by atoms with Crippen LogP contribution in [0.4, 0.5) is 5.82 Å². The Morgan fingerprint density at radius 1 is 1.29 bits per heavy atom. The Hall–Kier alpha value is -1.63. The second-order valence-electron chi connectivity index (χ2n) is 4.96. The predicted molar refractivity (Wildman–Crippen MR) is 83.9 cm³/mol. The molecule has 0 fully saturated rings. The van der Waals surface area contributed by atoms with Crippen molar-refractivity contribution < 1.29 is 4.74 Å². The lowest BCUT2D eigenvalue weighted by Gasteiger charge is -2.19. The number of nitrogen functional groups attached to an aromatic ring is 1. The molecular weight excluding hydrogens is 284 g/mol. The van der Waals surface area contributed by atoms with Crippen molar-refractivity contribution in [2.75, 3.05) is 12.0 Å². The average molecular weight is 302 g/mol. The van der Waals surface area contributed by atoms with E-state index in [1.54, 1.807) is 11.8 Å². The molecule has 5 nitrogen and oxygen atoms in total. The van der Waals surface area contributed by atoms with Gasteiger partial charge in [-0.2, -0.15) is 0 Å². The van der Waals surface area contributed by atoms with Gasteiger partial charge in [0.15, 0.2) is 0 Å². The van der Waals surface area contributed by atoms with Crippen LogP contribution in [0.2, 0.25) is 0 Å². The molecule has 2 aromatic rings. The van der Waals surface area contributed by atoms with Gasteiger partial charge in [-0.05, 0) is 19.1 Å². The first kappa shape index (κ1) is 14.3. The Kier molecular flexibility index (Phi) is 4.38. The number of benzene rings is 1. The summed E-state index contributed by atoms with van der Waals surface area (Å²) < 4.78 is 5.44. The van der Waals surface area contributed by atoms with Crippen molar-refractivity contribution in [3.63, 3.8) is 0 Å². The van der Waals surface area contributed by atoms with E-state index in [1.165, 1.54) is 10.5 Å². The maximum atomic E-state index is 5.56. The minimum absolute atomic E-state index is 0.528. The number of aromatic nitrogens is 2. The number of aryl methyl sites for hydroxylation is 1. The van der Waals surface area contributed by atoms with E-state index >= 15 is 0 Å². The quantitative estimate of drug-likeness (QED) is 0.513. The van der Waals surface area contributed by atoms with Crippen LogP contribution in [0.3, 0.4) is 0 Å². The highest BCUT2D eigenvalue weighted by Gasteiger charge is 2.17. The van der Waals surface area contributed by atoms with Crippen molar-refractivity contribution in [3.05, 3.63) is 46.9 Å². The Balaban J connectivity index is 1.77. The Morgan fingerprint density at radius 3 is 2.86 bits per heavy atom. The van der Waals surface area contributed by atoms with Crippen molar-refractivity contribution >= 4 is 17.6 Å². The summed E-state index contributed by atoms with van der Waals surface area (Å²) in [5, 5.41) is 0. The van der Waals surface area contributed by atoms with E-state index in [9.17, 15) is 0 Å². The van der Waals surface area contributed by atoms with Gasteiger partial charge < -0.3 is 10.2 Å². The van der Waals surface area contributed by atoms with E-state index in [-0.39, 0.29) is 0 Å². The van der Waals surface area contributed by atoms with Crippen molar-refractivity contribution in [2.24, 2.45) is 5.84 Å². The monoisotopic (exact) mass is 302 g/mol. The third-order valence-corrected chi connectivity index (χ3v) is 4.40. The lowest BCUT2D eigenvalue weighted by molar-refractivity contribution is 0.109. The molecule has 0 radical (unpaired) electrons. The first-order chi connectivity index (χ1) is 10.3. The van der Waals surface area contributed by atoms with Crippen LogP contribution in [0.25, 0.3) is 0 Å². The highest BCUT2D eigenvalue weighted by atomic mass is 32.2. The molecule has 2 heterocycles. The highest BCUT2D eigenvalue weighted by Crippen LogP contribution is 2.25. The molecule has 0 spiro atoms. The van der Waals surface area contributed by atoms with E-state index in [0.717, 1.165) is 29.3 Å².